The molecule has 0 amide bonds. The van der Waals surface area contributed by atoms with Gasteiger partial charge >= 0.3 is 0 Å². The summed E-state index contributed by atoms with van der Waals surface area (Å²) in [4.78, 5) is 13.2. The number of nitrogens with zero attached hydrogens (tertiary/aromatic N) is 3. The second-order valence-electron chi connectivity index (χ2n) is 9.59. The van der Waals surface area contributed by atoms with Crippen LogP contribution in [0, 0.1) is 0 Å². The molecule has 2 N–H and O–H groups in total. The summed E-state index contributed by atoms with van der Waals surface area (Å²) in [5, 5.41) is 0. The van der Waals surface area contributed by atoms with E-state index in [0.717, 1.165) is 53.2 Å². The predicted molar refractivity (Wildman–Crippen MR) is 124 cm³/mol. The Morgan fingerprint density at radius 1 is 0.970 bits per heavy atom. The van der Waals surface area contributed by atoms with Crippen LogP contribution in [0.1, 0.15) is 49.3 Å². The topological polar surface area (TPSA) is 91.9 Å². The van der Waals surface area contributed by atoms with E-state index >= 15 is 0 Å². The van der Waals surface area contributed by atoms with Crippen molar-refractivity contribution < 1.29 is 14.2 Å². The van der Waals surface area contributed by atoms with Crippen LogP contribution in [0.5, 0.6) is 11.5 Å². The fraction of sp³-hybridized carbons (Fsp3) is 0.346. The van der Waals surface area contributed by atoms with E-state index in [-0.39, 0.29) is 11.6 Å². The van der Waals surface area contributed by atoms with Crippen molar-refractivity contribution in [2.45, 2.75) is 43.7 Å². The third-order valence-electron chi connectivity index (χ3n) is 6.89. The lowest BCUT2D eigenvalue weighted by Crippen LogP contribution is -2.34. The minimum atomic E-state index is -0.755. The number of ether oxygens (including phenoxy) is 3. The number of hydrogen-bond donors (Lipinski definition) is 1. The molecule has 1 spiro atoms. The van der Waals surface area contributed by atoms with Crippen molar-refractivity contribution in [1.82, 2.24) is 9.97 Å². The Labute approximate surface area is 192 Å². The second kappa shape index (κ2) is 7.28. The van der Waals surface area contributed by atoms with Crippen LogP contribution in [-0.2, 0) is 15.0 Å². The zero-order chi connectivity index (χ0) is 22.6. The van der Waals surface area contributed by atoms with Gasteiger partial charge in [-0.05, 0) is 68.0 Å². The Kier molecular flexibility index (Phi) is 4.45. The van der Waals surface area contributed by atoms with Gasteiger partial charge in [-0.3, -0.25) is 0 Å². The molecule has 2 atom stereocenters. The maximum absolute atomic E-state index is 6.35. The summed E-state index contributed by atoms with van der Waals surface area (Å²) in [7, 11) is 0. The summed E-state index contributed by atoms with van der Waals surface area (Å²) in [5.41, 5.74) is 10.3. The fourth-order valence-corrected chi connectivity index (χ4v) is 5.27. The molecule has 1 saturated heterocycles. The van der Waals surface area contributed by atoms with Crippen LogP contribution < -0.4 is 10.5 Å². The lowest BCUT2D eigenvalue weighted by molar-refractivity contribution is -0.0593. The minimum absolute atomic E-state index is 0.134. The van der Waals surface area contributed by atoms with Gasteiger partial charge in [0.1, 0.15) is 24.4 Å². The molecular formula is C26H26N4O3. The van der Waals surface area contributed by atoms with Crippen molar-refractivity contribution in [3.63, 3.8) is 0 Å². The third-order valence-corrected chi connectivity index (χ3v) is 6.89. The van der Waals surface area contributed by atoms with E-state index in [4.69, 9.17) is 24.9 Å². The Morgan fingerprint density at radius 2 is 1.73 bits per heavy atom. The quantitative estimate of drug-likeness (QED) is 0.628. The van der Waals surface area contributed by atoms with Crippen LogP contribution in [0.3, 0.4) is 0 Å². The third kappa shape index (κ3) is 3.35. The minimum Gasteiger partial charge on any atom is -0.462 e. The van der Waals surface area contributed by atoms with Gasteiger partial charge in [0.15, 0.2) is 5.54 Å². The summed E-state index contributed by atoms with van der Waals surface area (Å²) in [6.07, 6.45) is 7.08. The number of benzene rings is 2. The van der Waals surface area contributed by atoms with Crippen LogP contribution in [-0.4, -0.2) is 34.8 Å². The zero-order valence-electron chi connectivity index (χ0n) is 18.7. The fourth-order valence-electron chi connectivity index (χ4n) is 5.27. The predicted octanol–water partition coefficient (Wildman–Crippen LogP) is 4.51. The SMILES string of the molecule is CC1(C)CC(c2ccc3c(c2)C2(COC(N)=N2)c2cc(-c4cncnc4)ccc2O3)CCO1. The van der Waals surface area contributed by atoms with Crippen LogP contribution in [0.2, 0.25) is 0 Å². The lowest BCUT2D eigenvalue weighted by atomic mass is 9.77. The van der Waals surface area contributed by atoms with Gasteiger partial charge in [0.05, 0.1) is 5.60 Å². The lowest BCUT2D eigenvalue weighted by Gasteiger charge is -2.37. The van der Waals surface area contributed by atoms with Gasteiger partial charge < -0.3 is 19.9 Å². The highest BCUT2D eigenvalue weighted by Gasteiger charge is 2.47. The first-order valence-corrected chi connectivity index (χ1v) is 11.3. The van der Waals surface area contributed by atoms with Crippen molar-refractivity contribution in [2.75, 3.05) is 13.2 Å². The molecule has 3 aliphatic rings. The number of nitrogens with two attached hydrogens (primary N) is 1. The van der Waals surface area contributed by atoms with Gasteiger partial charge in [-0.1, -0.05) is 12.1 Å². The highest BCUT2D eigenvalue weighted by molar-refractivity contribution is 5.78. The van der Waals surface area contributed by atoms with Crippen molar-refractivity contribution in [2.24, 2.45) is 10.7 Å². The maximum Gasteiger partial charge on any atom is 0.283 e. The number of amidine groups is 1. The number of fused-ring (bicyclic) bond motifs is 4. The van der Waals surface area contributed by atoms with Crippen LogP contribution in [0.15, 0.2) is 60.1 Å². The molecule has 0 saturated carbocycles. The van der Waals surface area contributed by atoms with Gasteiger partial charge in [-0.2, -0.15) is 0 Å². The molecule has 2 unspecified atom stereocenters. The van der Waals surface area contributed by atoms with Gasteiger partial charge in [-0.15, -0.1) is 0 Å². The van der Waals surface area contributed by atoms with E-state index in [9.17, 15) is 0 Å². The van der Waals surface area contributed by atoms with E-state index < -0.39 is 5.54 Å². The Balaban J connectivity index is 1.48. The molecule has 4 heterocycles. The largest absolute Gasteiger partial charge is 0.462 e. The second-order valence-corrected chi connectivity index (χ2v) is 9.59. The summed E-state index contributed by atoms with van der Waals surface area (Å²) in [6.45, 7) is 5.40. The number of aromatic nitrogens is 2. The van der Waals surface area contributed by atoms with Crippen molar-refractivity contribution in [1.29, 1.82) is 0 Å². The molecule has 6 rings (SSSR count). The highest BCUT2D eigenvalue weighted by Crippen LogP contribution is 2.52. The van der Waals surface area contributed by atoms with Gasteiger partial charge in [-0.25, -0.2) is 15.0 Å². The highest BCUT2D eigenvalue weighted by atomic mass is 16.5. The van der Waals surface area contributed by atoms with Crippen LogP contribution >= 0.6 is 0 Å². The van der Waals surface area contributed by atoms with Crippen molar-refractivity contribution in [3.05, 3.63) is 71.8 Å². The average Bonchev–Trinajstić information content (AvgIpc) is 3.21. The zero-order valence-corrected chi connectivity index (χ0v) is 18.7. The smallest absolute Gasteiger partial charge is 0.283 e. The van der Waals surface area contributed by atoms with Gasteiger partial charge in [0.25, 0.3) is 6.02 Å². The van der Waals surface area contributed by atoms with E-state index in [1.165, 1.54) is 11.9 Å². The average molecular weight is 443 g/mol. The Morgan fingerprint density at radius 3 is 2.45 bits per heavy atom. The molecule has 0 bridgehead atoms. The number of rotatable bonds is 2. The standard InChI is InChI=1S/C26H26N4O3/c1-25(2)11-18(7-8-32-25)16-3-5-22-20(9-16)26(14-31-24(27)30-26)21-10-17(4-6-23(21)33-22)19-12-28-15-29-13-19/h3-6,9-10,12-13,15,18H,7-8,11,14H2,1-2H3,(H2,27,30). The number of aliphatic imine (C=N–C) groups is 1. The van der Waals surface area contributed by atoms with E-state index in [0.29, 0.717) is 12.5 Å². The van der Waals surface area contributed by atoms with Crippen molar-refractivity contribution >= 4 is 6.02 Å². The summed E-state index contributed by atoms with van der Waals surface area (Å²) < 4.78 is 18.0. The summed E-state index contributed by atoms with van der Waals surface area (Å²) >= 11 is 0. The van der Waals surface area contributed by atoms with E-state index in [2.05, 4.69) is 48.1 Å². The number of hydrogen-bond acceptors (Lipinski definition) is 7. The molecule has 1 aromatic heterocycles. The monoisotopic (exact) mass is 442 g/mol. The Hall–Kier alpha value is -3.45. The molecule has 7 nitrogen and oxygen atoms in total. The van der Waals surface area contributed by atoms with Crippen molar-refractivity contribution in [3.8, 4) is 22.6 Å². The Bertz CT molecular complexity index is 1260. The molecular weight excluding hydrogens is 416 g/mol. The summed E-state index contributed by atoms with van der Waals surface area (Å²) in [6, 6.07) is 12.7. The normalized spacial score (nSPS) is 24.9. The van der Waals surface area contributed by atoms with E-state index in [1.807, 2.05) is 12.1 Å². The molecule has 1 fully saturated rings. The molecule has 33 heavy (non-hydrogen) atoms. The molecule has 2 aromatic carbocycles. The molecule has 3 aliphatic heterocycles. The summed E-state index contributed by atoms with van der Waals surface area (Å²) in [5.74, 6) is 1.95. The molecule has 168 valence electrons. The van der Waals surface area contributed by atoms with Gasteiger partial charge in [0, 0.05) is 35.7 Å². The molecule has 0 radical (unpaired) electrons. The molecule has 0 aliphatic carbocycles. The first kappa shape index (κ1) is 20.2. The van der Waals surface area contributed by atoms with Gasteiger partial charge in [0.2, 0.25) is 0 Å². The first-order valence-electron chi connectivity index (χ1n) is 11.3. The first-order chi connectivity index (χ1) is 15.9. The molecule has 3 aromatic rings. The molecule has 7 heteroatoms. The van der Waals surface area contributed by atoms with Crippen LogP contribution in [0.25, 0.3) is 11.1 Å². The maximum atomic E-state index is 6.35. The van der Waals surface area contributed by atoms with Crippen LogP contribution in [0.4, 0.5) is 0 Å². The van der Waals surface area contributed by atoms with E-state index in [1.54, 1.807) is 12.4 Å².